The number of unbranched alkanes of at least 4 members (excludes halogenated alkanes) is 3. The lowest BCUT2D eigenvalue weighted by molar-refractivity contribution is -0.143. The number of halogens is 1. The van der Waals surface area contributed by atoms with Crippen LogP contribution < -0.4 is 11.5 Å². The van der Waals surface area contributed by atoms with Crippen LogP contribution in [-0.2, 0) is 15.0 Å². The Labute approximate surface area is 175 Å². The van der Waals surface area contributed by atoms with Crippen LogP contribution in [0.3, 0.4) is 0 Å². The van der Waals surface area contributed by atoms with E-state index in [9.17, 15) is 9.59 Å². The number of carbonyl (C=O) groups is 2. The van der Waals surface area contributed by atoms with Crippen LogP contribution in [0.5, 0.6) is 0 Å². The van der Waals surface area contributed by atoms with Crippen LogP contribution >= 0.6 is 15.9 Å². The van der Waals surface area contributed by atoms with Gasteiger partial charge in [-0.2, -0.15) is 0 Å². The monoisotopic (exact) mass is 444 g/mol. The highest BCUT2D eigenvalue weighted by Gasteiger charge is 2.82. The molecule has 4 nitrogen and oxygen atoms in total. The van der Waals surface area contributed by atoms with E-state index >= 15 is 0 Å². The van der Waals surface area contributed by atoms with Gasteiger partial charge in [-0.1, -0.05) is 72.8 Å². The number of hydrogen-bond acceptors (Lipinski definition) is 2. The summed E-state index contributed by atoms with van der Waals surface area (Å²) in [5.41, 5.74) is 11.2. The van der Waals surface area contributed by atoms with Gasteiger partial charge in [-0.3, -0.25) is 9.59 Å². The maximum atomic E-state index is 13.3. The van der Waals surface area contributed by atoms with Gasteiger partial charge < -0.3 is 11.5 Å². The van der Waals surface area contributed by atoms with Crippen LogP contribution in [0.15, 0.2) is 40.9 Å². The predicted octanol–water partition coefficient (Wildman–Crippen LogP) is 4.21. The van der Waals surface area contributed by atoms with Crippen molar-refractivity contribution in [3.63, 3.8) is 0 Å². The first-order chi connectivity index (χ1) is 13.4. The Kier molecular flexibility index (Phi) is 4.72. The highest BCUT2D eigenvalue weighted by atomic mass is 79.9. The van der Waals surface area contributed by atoms with Crippen molar-refractivity contribution in [1.82, 2.24) is 0 Å². The Morgan fingerprint density at radius 2 is 1.64 bits per heavy atom. The van der Waals surface area contributed by atoms with Crippen LogP contribution in [0.25, 0.3) is 0 Å². The zero-order valence-electron chi connectivity index (χ0n) is 16.4. The van der Waals surface area contributed by atoms with Crippen LogP contribution in [0.2, 0.25) is 0 Å². The molecule has 0 saturated heterocycles. The topological polar surface area (TPSA) is 86.2 Å². The molecule has 28 heavy (non-hydrogen) atoms. The number of nitrogens with two attached hydrogens (primary N) is 2. The summed E-state index contributed by atoms with van der Waals surface area (Å²) in [4.78, 5) is 26.5. The van der Waals surface area contributed by atoms with E-state index in [2.05, 4.69) is 35.0 Å². The van der Waals surface area contributed by atoms with Gasteiger partial charge in [0.2, 0.25) is 11.8 Å². The van der Waals surface area contributed by atoms with Crippen molar-refractivity contribution in [2.45, 2.75) is 57.3 Å². The first-order valence-corrected chi connectivity index (χ1v) is 11.2. The van der Waals surface area contributed by atoms with E-state index in [4.69, 9.17) is 11.5 Å². The van der Waals surface area contributed by atoms with E-state index in [1.165, 1.54) is 0 Å². The lowest BCUT2D eigenvalue weighted by Gasteiger charge is -2.48. The molecule has 4 atom stereocenters. The minimum absolute atomic E-state index is 0.000253. The van der Waals surface area contributed by atoms with Crippen LogP contribution in [-0.4, -0.2) is 11.8 Å². The Morgan fingerprint density at radius 3 is 2.18 bits per heavy atom. The van der Waals surface area contributed by atoms with Crippen molar-refractivity contribution in [3.05, 3.63) is 46.5 Å². The summed E-state index contributed by atoms with van der Waals surface area (Å²) in [6, 6.07) is 7.75. The van der Waals surface area contributed by atoms with E-state index in [1.807, 2.05) is 24.3 Å². The molecule has 1 aromatic rings. The molecule has 0 aromatic heterocycles. The minimum atomic E-state index is -1.07. The molecule has 3 aliphatic rings. The maximum Gasteiger partial charge on any atom is 0.229 e. The van der Waals surface area contributed by atoms with Crippen molar-refractivity contribution in [2.24, 2.45) is 34.1 Å². The molecule has 1 aromatic carbocycles. The van der Waals surface area contributed by atoms with Crippen molar-refractivity contribution in [3.8, 4) is 0 Å². The van der Waals surface area contributed by atoms with Crippen LogP contribution in [0, 0.1) is 22.7 Å². The van der Waals surface area contributed by atoms with Gasteiger partial charge in [0.1, 0.15) is 0 Å². The smallest absolute Gasteiger partial charge is 0.229 e. The molecule has 4 rings (SSSR count). The Morgan fingerprint density at radius 1 is 1.00 bits per heavy atom. The molecular weight excluding hydrogens is 416 g/mol. The van der Waals surface area contributed by atoms with Crippen LogP contribution in [0.1, 0.15) is 57.4 Å². The van der Waals surface area contributed by atoms with Gasteiger partial charge in [-0.15, -0.1) is 0 Å². The summed E-state index contributed by atoms with van der Waals surface area (Å²) in [6.45, 7) is 2.17. The normalized spacial score (nSPS) is 34.1. The maximum absolute atomic E-state index is 13.3. The standard InChI is InChI=1S/C23H29BrN2O2/c1-2-3-4-5-12-22(19(25)27)17-10-11-18(21(17)13-14-21)23(22,20(26)28)15-6-8-16(24)9-7-15/h6-11,17-18H,2-5,12-14H2,1H3,(H2,25,27)(H2,26,28)/t17-,18+,22+,23-/m1/s1. The van der Waals surface area contributed by atoms with Crippen molar-refractivity contribution < 1.29 is 9.59 Å². The number of amides is 2. The fourth-order valence-electron chi connectivity index (χ4n) is 6.64. The van der Waals surface area contributed by atoms with Crippen molar-refractivity contribution >= 4 is 27.7 Å². The lowest BCUT2D eigenvalue weighted by Crippen LogP contribution is -2.62. The predicted molar refractivity (Wildman–Crippen MR) is 113 cm³/mol. The second-order valence-electron chi connectivity index (χ2n) is 8.90. The van der Waals surface area contributed by atoms with Crippen molar-refractivity contribution in [1.29, 1.82) is 0 Å². The van der Waals surface area contributed by atoms with Gasteiger partial charge in [0, 0.05) is 10.4 Å². The summed E-state index contributed by atoms with van der Waals surface area (Å²) >= 11 is 3.48. The lowest BCUT2D eigenvalue weighted by atomic mass is 9.52. The van der Waals surface area contributed by atoms with Gasteiger partial charge in [0.15, 0.2) is 0 Å². The summed E-state index contributed by atoms with van der Waals surface area (Å²) in [5, 5.41) is 0. The third kappa shape index (κ3) is 2.28. The Hall–Kier alpha value is -1.62. The van der Waals surface area contributed by atoms with E-state index in [0.717, 1.165) is 48.6 Å². The fourth-order valence-corrected chi connectivity index (χ4v) is 6.90. The minimum Gasteiger partial charge on any atom is -0.369 e. The molecule has 5 heteroatoms. The first-order valence-electron chi connectivity index (χ1n) is 10.4. The van der Waals surface area contributed by atoms with E-state index in [0.29, 0.717) is 6.42 Å². The molecule has 0 unspecified atom stereocenters. The zero-order valence-corrected chi connectivity index (χ0v) is 18.0. The highest BCUT2D eigenvalue weighted by Crippen LogP contribution is 2.80. The molecule has 0 aliphatic heterocycles. The molecule has 4 N–H and O–H groups in total. The SMILES string of the molecule is CCCCCC[C@@]1(C(N)=O)[C@@H]2C=C[C@@H](C23CC3)[C@@]1(C(N)=O)c1ccc(Br)cc1. The molecule has 150 valence electrons. The number of benzene rings is 1. The number of rotatable bonds is 8. The molecule has 3 aliphatic carbocycles. The average Bonchev–Trinajstić information content (AvgIpc) is 3.32. The average molecular weight is 445 g/mol. The van der Waals surface area contributed by atoms with Gasteiger partial charge in [-0.25, -0.2) is 0 Å². The second kappa shape index (κ2) is 6.72. The summed E-state index contributed by atoms with van der Waals surface area (Å²) in [7, 11) is 0. The van der Waals surface area contributed by atoms with Gasteiger partial charge in [0.05, 0.1) is 10.8 Å². The third-order valence-corrected chi connectivity index (χ3v) is 8.34. The van der Waals surface area contributed by atoms with E-state index in [-0.39, 0.29) is 23.2 Å². The molecule has 0 heterocycles. The largest absolute Gasteiger partial charge is 0.369 e. The number of primary amides is 2. The molecular formula is C23H29BrN2O2. The second-order valence-corrected chi connectivity index (χ2v) is 9.81. The molecule has 2 saturated carbocycles. The van der Waals surface area contributed by atoms with E-state index in [1.54, 1.807) is 0 Å². The highest BCUT2D eigenvalue weighted by molar-refractivity contribution is 9.10. The Bertz CT molecular complexity index is 830. The summed E-state index contributed by atoms with van der Waals surface area (Å²) in [5.74, 6) is -0.830. The van der Waals surface area contributed by atoms with Gasteiger partial charge in [-0.05, 0) is 48.3 Å². The molecule has 2 fully saturated rings. The third-order valence-electron chi connectivity index (χ3n) is 7.82. The van der Waals surface area contributed by atoms with Crippen LogP contribution in [0.4, 0.5) is 0 Å². The Balaban J connectivity index is 1.92. The zero-order chi connectivity index (χ0) is 20.2. The van der Waals surface area contributed by atoms with Crippen molar-refractivity contribution in [2.75, 3.05) is 0 Å². The number of carbonyl (C=O) groups excluding carboxylic acids is 2. The van der Waals surface area contributed by atoms with E-state index < -0.39 is 16.7 Å². The molecule has 2 amide bonds. The molecule has 0 radical (unpaired) electrons. The van der Waals surface area contributed by atoms with Gasteiger partial charge >= 0.3 is 0 Å². The molecule has 2 bridgehead atoms. The summed E-state index contributed by atoms with van der Waals surface area (Å²) in [6.07, 6.45) is 11.2. The quantitative estimate of drug-likeness (QED) is 0.464. The number of hydrogen-bond donors (Lipinski definition) is 2. The summed E-state index contributed by atoms with van der Waals surface area (Å²) < 4.78 is 0.934. The molecule has 1 spiro atoms. The number of allylic oxidation sites excluding steroid dienone is 2. The first kappa shape index (κ1) is 19.7. The van der Waals surface area contributed by atoms with Gasteiger partial charge in [0.25, 0.3) is 0 Å². The fraction of sp³-hybridized carbons (Fsp3) is 0.565.